The van der Waals surface area contributed by atoms with Gasteiger partial charge < -0.3 is 5.73 Å². The number of carbonyl (C=O) groups is 1. The van der Waals surface area contributed by atoms with Gasteiger partial charge in [-0.3, -0.25) is 4.79 Å². The van der Waals surface area contributed by atoms with Gasteiger partial charge in [-0.2, -0.15) is 0 Å². The van der Waals surface area contributed by atoms with E-state index in [1.165, 1.54) is 12.1 Å². The van der Waals surface area contributed by atoms with Crippen LogP contribution in [0.4, 0.5) is 4.39 Å². The average molecular weight is 314 g/mol. The van der Waals surface area contributed by atoms with Gasteiger partial charge in [-0.15, -0.1) is 0 Å². The minimum absolute atomic E-state index is 0.0747. The van der Waals surface area contributed by atoms with Crippen LogP contribution in [-0.4, -0.2) is 11.8 Å². The lowest BCUT2D eigenvalue weighted by Gasteiger charge is -2.25. The van der Waals surface area contributed by atoms with Crippen LogP contribution in [0.25, 0.3) is 0 Å². The Bertz CT molecular complexity index is 449. The Balaban J connectivity index is 2.02. The van der Waals surface area contributed by atoms with Crippen LogP contribution in [0.5, 0.6) is 0 Å². The van der Waals surface area contributed by atoms with Gasteiger partial charge >= 0.3 is 0 Å². The van der Waals surface area contributed by atoms with E-state index in [1.807, 2.05) is 0 Å². The first-order valence-electron chi connectivity index (χ1n) is 6.28. The lowest BCUT2D eigenvalue weighted by Crippen LogP contribution is -2.32. The van der Waals surface area contributed by atoms with Crippen molar-refractivity contribution in [3.63, 3.8) is 0 Å². The third-order valence-corrected chi connectivity index (χ3v) is 4.29. The molecule has 1 aliphatic carbocycles. The highest BCUT2D eigenvalue weighted by atomic mass is 79.9. The van der Waals surface area contributed by atoms with Crippen LogP contribution in [0, 0.1) is 11.7 Å². The van der Waals surface area contributed by atoms with Crippen LogP contribution < -0.4 is 5.73 Å². The van der Waals surface area contributed by atoms with Crippen molar-refractivity contribution in [3.05, 3.63) is 34.1 Å². The fourth-order valence-electron chi connectivity index (χ4n) is 2.52. The molecule has 1 saturated carbocycles. The summed E-state index contributed by atoms with van der Waals surface area (Å²) in [5, 5.41) is 0. The lowest BCUT2D eigenvalue weighted by atomic mass is 9.82. The topological polar surface area (TPSA) is 43.1 Å². The minimum atomic E-state index is -0.294. The average Bonchev–Trinajstić information content (AvgIpc) is 2.32. The Morgan fingerprint density at radius 1 is 1.44 bits per heavy atom. The summed E-state index contributed by atoms with van der Waals surface area (Å²) in [5.41, 5.74) is 6.74. The Morgan fingerprint density at radius 3 is 2.89 bits per heavy atom. The van der Waals surface area contributed by atoms with Gasteiger partial charge in [-0.1, -0.05) is 28.4 Å². The summed E-state index contributed by atoms with van der Waals surface area (Å²) in [6.07, 6.45) is 4.13. The summed E-state index contributed by atoms with van der Waals surface area (Å²) in [5.74, 6) is 0.000855. The second-order valence-electron chi connectivity index (χ2n) is 5.00. The van der Waals surface area contributed by atoms with Gasteiger partial charge in [0.2, 0.25) is 0 Å². The molecule has 1 fully saturated rings. The van der Waals surface area contributed by atoms with Crippen LogP contribution in [0.2, 0.25) is 0 Å². The molecule has 1 aromatic rings. The van der Waals surface area contributed by atoms with Crippen molar-refractivity contribution >= 4 is 21.7 Å². The van der Waals surface area contributed by atoms with Crippen molar-refractivity contribution < 1.29 is 9.18 Å². The van der Waals surface area contributed by atoms with E-state index in [0.717, 1.165) is 31.2 Å². The molecule has 98 valence electrons. The van der Waals surface area contributed by atoms with Crippen molar-refractivity contribution in [2.24, 2.45) is 11.7 Å². The number of rotatable bonds is 3. The maximum absolute atomic E-state index is 13.0. The number of ketones is 1. The maximum atomic E-state index is 13.0. The fraction of sp³-hybridized carbons (Fsp3) is 0.500. The summed E-state index contributed by atoms with van der Waals surface area (Å²) >= 11 is 3.29. The van der Waals surface area contributed by atoms with Crippen molar-refractivity contribution in [1.82, 2.24) is 0 Å². The van der Waals surface area contributed by atoms with Gasteiger partial charge in [0.05, 0.1) is 0 Å². The number of hydrogen-bond acceptors (Lipinski definition) is 2. The monoisotopic (exact) mass is 313 g/mol. The van der Waals surface area contributed by atoms with Crippen LogP contribution in [0.1, 0.15) is 31.2 Å². The highest BCUT2D eigenvalue weighted by Gasteiger charge is 2.25. The Morgan fingerprint density at radius 2 is 2.22 bits per heavy atom. The summed E-state index contributed by atoms with van der Waals surface area (Å²) in [6, 6.07) is 4.61. The summed E-state index contributed by atoms with van der Waals surface area (Å²) in [4.78, 5) is 12.2. The zero-order valence-electron chi connectivity index (χ0n) is 10.2. The van der Waals surface area contributed by atoms with E-state index in [0.29, 0.717) is 10.9 Å². The smallest absolute Gasteiger partial charge is 0.140 e. The van der Waals surface area contributed by atoms with Gasteiger partial charge in [-0.05, 0) is 37.0 Å². The van der Waals surface area contributed by atoms with Crippen LogP contribution in [0.15, 0.2) is 22.7 Å². The molecule has 1 aromatic carbocycles. The lowest BCUT2D eigenvalue weighted by molar-refractivity contribution is -0.123. The molecule has 2 rings (SSSR count). The molecule has 18 heavy (non-hydrogen) atoms. The third kappa shape index (κ3) is 3.39. The number of hydrogen-bond donors (Lipinski definition) is 1. The molecule has 0 bridgehead atoms. The van der Waals surface area contributed by atoms with E-state index in [9.17, 15) is 9.18 Å². The zero-order valence-corrected chi connectivity index (χ0v) is 11.7. The molecule has 0 radical (unpaired) electrons. The third-order valence-electron chi connectivity index (χ3n) is 3.55. The van der Waals surface area contributed by atoms with Crippen molar-refractivity contribution in [2.45, 2.75) is 38.1 Å². The van der Waals surface area contributed by atoms with E-state index in [2.05, 4.69) is 15.9 Å². The molecule has 0 aliphatic heterocycles. The minimum Gasteiger partial charge on any atom is -0.328 e. The van der Waals surface area contributed by atoms with Crippen molar-refractivity contribution in [3.8, 4) is 0 Å². The standard InChI is InChI=1S/C14H17BrFNO/c15-13-8-11(16)5-4-9(13)7-14(18)10-2-1-3-12(17)6-10/h4-5,8,10,12H,1-3,6-7,17H2. The van der Waals surface area contributed by atoms with Gasteiger partial charge in [0.25, 0.3) is 0 Å². The molecule has 0 spiro atoms. The van der Waals surface area contributed by atoms with E-state index < -0.39 is 0 Å². The molecule has 2 nitrogen and oxygen atoms in total. The van der Waals surface area contributed by atoms with Gasteiger partial charge in [0.1, 0.15) is 11.6 Å². The highest BCUT2D eigenvalue weighted by Crippen LogP contribution is 2.26. The number of nitrogens with two attached hydrogens (primary N) is 1. The Labute approximate surface area is 115 Å². The molecule has 2 N–H and O–H groups in total. The highest BCUT2D eigenvalue weighted by molar-refractivity contribution is 9.10. The summed E-state index contributed by atoms with van der Waals surface area (Å²) < 4.78 is 13.6. The van der Waals surface area contributed by atoms with E-state index in [4.69, 9.17) is 5.73 Å². The molecule has 0 amide bonds. The number of Topliss-reactive ketones (excluding diaryl/α,β-unsaturated/α-hetero) is 1. The second kappa shape index (κ2) is 5.93. The Kier molecular flexibility index (Phi) is 4.51. The molecular formula is C14H17BrFNO. The van der Waals surface area contributed by atoms with E-state index in [1.54, 1.807) is 6.07 Å². The van der Waals surface area contributed by atoms with Gasteiger partial charge in [0.15, 0.2) is 0 Å². The van der Waals surface area contributed by atoms with Crippen LogP contribution >= 0.6 is 15.9 Å². The molecule has 2 unspecified atom stereocenters. The molecule has 2 atom stereocenters. The quantitative estimate of drug-likeness (QED) is 0.931. The summed E-state index contributed by atoms with van der Waals surface area (Å²) in [6.45, 7) is 0. The van der Waals surface area contributed by atoms with Crippen LogP contribution in [-0.2, 0) is 11.2 Å². The number of carbonyl (C=O) groups excluding carboxylic acids is 1. The number of benzene rings is 1. The fourth-order valence-corrected chi connectivity index (χ4v) is 3.01. The van der Waals surface area contributed by atoms with Gasteiger partial charge in [0, 0.05) is 22.9 Å². The Hall–Kier alpha value is -0.740. The molecule has 0 heterocycles. The largest absolute Gasteiger partial charge is 0.328 e. The molecule has 0 saturated heterocycles. The SMILES string of the molecule is NC1CCCC(C(=O)Cc2ccc(F)cc2Br)C1. The second-order valence-corrected chi connectivity index (χ2v) is 5.86. The molecule has 0 aromatic heterocycles. The van der Waals surface area contributed by atoms with Crippen molar-refractivity contribution in [1.29, 1.82) is 0 Å². The predicted octanol–water partition coefficient (Wildman–Crippen LogP) is 3.22. The zero-order chi connectivity index (χ0) is 13.1. The summed E-state index contributed by atoms with van der Waals surface area (Å²) in [7, 11) is 0. The van der Waals surface area contributed by atoms with E-state index >= 15 is 0 Å². The van der Waals surface area contributed by atoms with Crippen molar-refractivity contribution in [2.75, 3.05) is 0 Å². The van der Waals surface area contributed by atoms with Crippen LogP contribution in [0.3, 0.4) is 0 Å². The predicted molar refractivity (Wildman–Crippen MR) is 72.7 cm³/mol. The first-order valence-corrected chi connectivity index (χ1v) is 7.08. The molecular weight excluding hydrogens is 297 g/mol. The normalized spacial score (nSPS) is 23.9. The van der Waals surface area contributed by atoms with Gasteiger partial charge in [-0.25, -0.2) is 4.39 Å². The molecule has 4 heteroatoms. The molecule has 1 aliphatic rings. The first-order chi connectivity index (χ1) is 8.56. The number of halogens is 2. The maximum Gasteiger partial charge on any atom is 0.140 e. The van der Waals surface area contributed by atoms with E-state index in [-0.39, 0.29) is 23.6 Å². The first kappa shape index (κ1) is 13.7.